The molecule has 1 aliphatic heterocycles. The van der Waals surface area contributed by atoms with Gasteiger partial charge >= 0.3 is 6.85 Å². The van der Waals surface area contributed by atoms with E-state index in [-0.39, 0.29) is 12.3 Å². The maximum absolute atomic E-state index is 2.71. The number of aromatic nitrogens is 2. The van der Waals surface area contributed by atoms with Crippen LogP contribution in [0.3, 0.4) is 0 Å². The molecule has 6 aromatic carbocycles. The van der Waals surface area contributed by atoms with Crippen molar-refractivity contribution in [1.82, 2.24) is 9.05 Å². The molecule has 0 saturated heterocycles. The van der Waals surface area contributed by atoms with Crippen molar-refractivity contribution >= 4 is 56.6 Å². The second kappa shape index (κ2) is 10.7. The van der Waals surface area contributed by atoms with Gasteiger partial charge in [0.15, 0.2) is 0 Å². The molecular formula is C47H39BN2. The van der Waals surface area contributed by atoms with Gasteiger partial charge in [0.25, 0.3) is 0 Å². The summed E-state index contributed by atoms with van der Waals surface area (Å²) in [5.74, 6) is 0.408. The zero-order valence-electron chi connectivity index (χ0n) is 29.1. The predicted molar refractivity (Wildman–Crippen MR) is 214 cm³/mol. The monoisotopic (exact) mass is 642 g/mol. The molecule has 8 aromatic rings. The number of rotatable bonds is 3. The van der Waals surface area contributed by atoms with Crippen molar-refractivity contribution in [3.05, 3.63) is 156 Å². The fourth-order valence-electron chi connectivity index (χ4n) is 8.91. The van der Waals surface area contributed by atoms with Crippen LogP contribution in [0.1, 0.15) is 32.8 Å². The van der Waals surface area contributed by atoms with Gasteiger partial charge in [0.2, 0.25) is 0 Å². The van der Waals surface area contributed by atoms with Crippen LogP contribution in [0, 0.1) is 18.3 Å². The molecule has 2 aromatic heterocycles. The van der Waals surface area contributed by atoms with Crippen molar-refractivity contribution in [2.24, 2.45) is 11.3 Å². The number of aryl methyl sites for hydroxylation is 1. The van der Waals surface area contributed by atoms with E-state index in [9.17, 15) is 0 Å². The van der Waals surface area contributed by atoms with Crippen molar-refractivity contribution in [1.29, 1.82) is 0 Å². The van der Waals surface area contributed by atoms with E-state index in [1.165, 1.54) is 87.7 Å². The smallest absolute Gasteiger partial charge is 0.328 e. The third-order valence-corrected chi connectivity index (χ3v) is 11.5. The molecule has 0 amide bonds. The fraction of sp³-hybridized carbons (Fsp3) is 0.149. The summed E-state index contributed by atoms with van der Waals surface area (Å²) in [4.78, 5) is 0. The van der Waals surface area contributed by atoms with Gasteiger partial charge < -0.3 is 9.05 Å². The molecule has 3 heterocycles. The van der Waals surface area contributed by atoms with E-state index < -0.39 is 0 Å². The fourth-order valence-corrected chi connectivity index (χ4v) is 8.91. The van der Waals surface area contributed by atoms with Crippen molar-refractivity contribution in [3.63, 3.8) is 0 Å². The third kappa shape index (κ3) is 4.29. The summed E-state index contributed by atoms with van der Waals surface area (Å²) in [7, 11) is 0. The van der Waals surface area contributed by atoms with Crippen LogP contribution >= 0.6 is 0 Å². The van der Waals surface area contributed by atoms with Gasteiger partial charge in [0, 0.05) is 43.4 Å². The molecule has 1 atom stereocenters. The number of hydrogen-bond donors (Lipinski definition) is 0. The third-order valence-electron chi connectivity index (χ3n) is 11.5. The first-order valence-corrected chi connectivity index (χ1v) is 18.0. The molecule has 3 heteroatoms. The molecule has 1 aliphatic carbocycles. The lowest BCUT2D eigenvalue weighted by atomic mass is 9.45. The lowest BCUT2D eigenvalue weighted by Crippen LogP contribution is -2.54. The Hall–Kier alpha value is -5.54. The van der Waals surface area contributed by atoms with Crippen LogP contribution in [0.4, 0.5) is 0 Å². The molecule has 0 radical (unpaired) electrons. The molecule has 0 fully saturated rings. The van der Waals surface area contributed by atoms with Gasteiger partial charge in [-0.15, -0.1) is 0 Å². The highest BCUT2D eigenvalue weighted by atomic mass is 15.0. The Morgan fingerprint density at radius 2 is 1.18 bits per heavy atom. The van der Waals surface area contributed by atoms with Crippen molar-refractivity contribution in [3.8, 4) is 27.9 Å². The maximum atomic E-state index is 2.71. The zero-order valence-corrected chi connectivity index (χ0v) is 29.1. The van der Waals surface area contributed by atoms with Crippen LogP contribution in [-0.2, 0) is 0 Å². The molecule has 0 spiro atoms. The summed E-state index contributed by atoms with van der Waals surface area (Å²) in [6.45, 7) is 9.50. The summed E-state index contributed by atoms with van der Waals surface area (Å²) in [5, 5.41) is 6.76. The molecular weight excluding hydrogens is 603 g/mol. The van der Waals surface area contributed by atoms with Gasteiger partial charge in [-0.25, -0.2) is 0 Å². The lowest BCUT2D eigenvalue weighted by Gasteiger charge is -2.36. The zero-order chi connectivity index (χ0) is 33.7. The van der Waals surface area contributed by atoms with Gasteiger partial charge in [-0.1, -0.05) is 142 Å². The Balaban J connectivity index is 1.37. The van der Waals surface area contributed by atoms with Crippen LogP contribution in [0.15, 0.2) is 140 Å². The first-order chi connectivity index (χ1) is 24.3. The van der Waals surface area contributed by atoms with E-state index in [0.717, 1.165) is 6.42 Å². The molecule has 10 rings (SSSR count). The second-order valence-corrected chi connectivity index (χ2v) is 15.5. The van der Waals surface area contributed by atoms with Gasteiger partial charge in [-0.05, 0) is 88.2 Å². The summed E-state index contributed by atoms with van der Waals surface area (Å²) in [5.41, 5.74) is 14.4. The highest BCUT2D eigenvalue weighted by Gasteiger charge is 2.40. The van der Waals surface area contributed by atoms with Crippen molar-refractivity contribution < 1.29 is 0 Å². The number of fused-ring (bicyclic) bond motifs is 8. The van der Waals surface area contributed by atoms with E-state index in [4.69, 9.17) is 0 Å². The summed E-state index contributed by atoms with van der Waals surface area (Å²) < 4.78 is 5.29. The normalized spacial score (nSPS) is 15.4. The summed E-state index contributed by atoms with van der Waals surface area (Å²) >= 11 is 0. The maximum Gasteiger partial charge on any atom is 0.328 e. The van der Waals surface area contributed by atoms with E-state index in [0.29, 0.717) is 5.92 Å². The number of nitrogens with zero attached hydrogens (tertiary/aromatic N) is 2. The van der Waals surface area contributed by atoms with Crippen LogP contribution < -0.4 is 16.0 Å². The first-order valence-electron chi connectivity index (χ1n) is 18.0. The van der Waals surface area contributed by atoms with Crippen molar-refractivity contribution in [2.75, 3.05) is 0 Å². The van der Waals surface area contributed by atoms with E-state index in [1.807, 2.05) is 0 Å². The number of para-hydroxylation sites is 1. The molecule has 0 N–H and O–H groups in total. The quantitative estimate of drug-likeness (QED) is 0.170. The molecule has 0 bridgehead atoms. The molecule has 1 unspecified atom stereocenters. The number of benzene rings is 6. The molecule has 0 saturated carbocycles. The first kappa shape index (κ1) is 29.4. The Bertz CT molecular complexity index is 2680. The largest absolute Gasteiger partial charge is 0.376 e. The minimum atomic E-state index is 0.0402. The average Bonchev–Trinajstić information content (AvgIpc) is 3.64. The highest BCUT2D eigenvalue weighted by molar-refractivity contribution is 6.89. The van der Waals surface area contributed by atoms with Crippen LogP contribution in [0.2, 0.25) is 0 Å². The highest BCUT2D eigenvalue weighted by Crippen LogP contribution is 2.40. The molecule has 50 heavy (non-hydrogen) atoms. The second-order valence-electron chi connectivity index (χ2n) is 15.5. The van der Waals surface area contributed by atoms with Gasteiger partial charge in [0.1, 0.15) is 0 Å². The van der Waals surface area contributed by atoms with Gasteiger partial charge in [-0.2, -0.15) is 0 Å². The Kier molecular flexibility index (Phi) is 6.31. The van der Waals surface area contributed by atoms with Crippen LogP contribution in [-0.4, -0.2) is 15.9 Å². The molecule has 240 valence electrons. The standard InChI is InChI=1S/C47H39BN2/c1-30-19-24-42-38(25-30)39-28-35(47(2,3)4)29-41-46(39)49(42)43-18-12-11-17-40(43)48(41)50-44-26-33(31-13-7-5-8-14-31)20-22-36(44)37-23-21-34(27-45(37)50)32-15-9-6-10-16-32/h5-28,35H,29H2,1-4H3. The predicted octanol–water partition coefficient (Wildman–Crippen LogP) is 9.68. The van der Waals surface area contributed by atoms with E-state index in [1.54, 1.807) is 0 Å². The average molecular weight is 643 g/mol. The Morgan fingerprint density at radius 3 is 1.80 bits per heavy atom. The van der Waals surface area contributed by atoms with E-state index in [2.05, 4.69) is 182 Å². The SMILES string of the molecule is Cc1ccc2c(c1)c1c3n2-c2ccccc2B(n2c4cc(-c5ccccc5)ccc4c4ccc(-c5ccccc5)cc42)C=3CC(C(C)(C)C)C=1. The summed E-state index contributed by atoms with van der Waals surface area (Å²) in [6, 6.07) is 52.1. The Morgan fingerprint density at radius 1 is 0.580 bits per heavy atom. The van der Waals surface area contributed by atoms with E-state index >= 15 is 0 Å². The summed E-state index contributed by atoms with van der Waals surface area (Å²) in [6.07, 6.45) is 3.62. The van der Waals surface area contributed by atoms with Gasteiger partial charge in [-0.3, -0.25) is 0 Å². The Labute approximate surface area is 293 Å². The van der Waals surface area contributed by atoms with Gasteiger partial charge in [0.05, 0.1) is 5.52 Å². The minimum absolute atomic E-state index is 0.0402. The van der Waals surface area contributed by atoms with Crippen LogP contribution in [0.5, 0.6) is 0 Å². The number of hydrogen-bond acceptors (Lipinski definition) is 0. The topological polar surface area (TPSA) is 9.86 Å². The van der Waals surface area contributed by atoms with Crippen LogP contribution in [0.25, 0.3) is 72.2 Å². The van der Waals surface area contributed by atoms with Crippen molar-refractivity contribution in [2.45, 2.75) is 34.1 Å². The lowest BCUT2D eigenvalue weighted by molar-refractivity contribution is 0.312. The molecule has 2 aliphatic rings. The minimum Gasteiger partial charge on any atom is -0.376 e. The molecule has 2 nitrogen and oxygen atoms in total.